The topological polar surface area (TPSA) is 35.5 Å². The molecular weight excluding hydrogens is 216 g/mol. The van der Waals surface area contributed by atoms with E-state index in [-0.39, 0.29) is 24.1 Å². The summed E-state index contributed by atoms with van der Waals surface area (Å²) in [5.74, 6) is 0.150. The molecule has 17 heavy (non-hydrogen) atoms. The summed E-state index contributed by atoms with van der Waals surface area (Å²) in [6.07, 6.45) is 0.0306. The zero-order chi connectivity index (χ0) is 12.3. The predicted molar refractivity (Wildman–Crippen MR) is 64.8 cm³/mol. The van der Waals surface area contributed by atoms with E-state index in [0.29, 0.717) is 13.0 Å². The molecule has 2 rings (SSSR count). The Balaban J connectivity index is 1.91. The molecule has 1 aromatic carbocycles. The molecule has 0 radical (unpaired) electrons. The van der Waals surface area contributed by atoms with Crippen molar-refractivity contribution in [3.8, 4) is 0 Å². The quantitative estimate of drug-likeness (QED) is 0.785. The molecule has 3 atom stereocenters. The lowest BCUT2D eigenvalue weighted by Crippen LogP contribution is -2.50. The Bertz CT molecular complexity index is 374. The average molecular weight is 234 g/mol. The van der Waals surface area contributed by atoms with Gasteiger partial charge in [0.25, 0.3) is 0 Å². The van der Waals surface area contributed by atoms with E-state index in [9.17, 15) is 4.79 Å². The van der Waals surface area contributed by atoms with Crippen molar-refractivity contribution in [3.05, 3.63) is 35.9 Å². The van der Waals surface area contributed by atoms with Crippen molar-refractivity contribution in [1.82, 2.24) is 0 Å². The van der Waals surface area contributed by atoms with E-state index < -0.39 is 0 Å². The first-order valence-corrected chi connectivity index (χ1v) is 6.07. The number of ketones is 1. The summed E-state index contributed by atoms with van der Waals surface area (Å²) in [5.41, 5.74) is 1.13. The number of Topliss-reactive ketones (excluding diaryl/α,β-unsaturated/α-hetero) is 1. The third-order valence-electron chi connectivity index (χ3n) is 3.05. The monoisotopic (exact) mass is 234 g/mol. The van der Waals surface area contributed by atoms with Gasteiger partial charge in [0.05, 0.1) is 12.2 Å². The van der Waals surface area contributed by atoms with Crippen LogP contribution in [0.5, 0.6) is 0 Å². The molecule has 0 aromatic heterocycles. The first-order valence-electron chi connectivity index (χ1n) is 6.07. The van der Waals surface area contributed by atoms with Crippen molar-refractivity contribution in [2.45, 2.75) is 38.6 Å². The third-order valence-corrected chi connectivity index (χ3v) is 3.05. The maximum atomic E-state index is 11.3. The van der Waals surface area contributed by atoms with Gasteiger partial charge in [-0.2, -0.15) is 0 Å². The molecule has 3 nitrogen and oxygen atoms in total. The van der Waals surface area contributed by atoms with Gasteiger partial charge in [0, 0.05) is 13.0 Å². The summed E-state index contributed by atoms with van der Waals surface area (Å²) in [7, 11) is 0. The minimum absolute atomic E-state index is 0.00254. The normalized spacial score (nSPS) is 25.4. The van der Waals surface area contributed by atoms with Crippen LogP contribution >= 0.6 is 0 Å². The second-order valence-electron chi connectivity index (χ2n) is 4.27. The molecule has 0 saturated heterocycles. The highest BCUT2D eigenvalue weighted by Gasteiger charge is 2.42. The minimum Gasteiger partial charge on any atom is -0.368 e. The average Bonchev–Trinajstić information content (AvgIpc) is 2.36. The molecule has 1 aliphatic carbocycles. The van der Waals surface area contributed by atoms with Crippen LogP contribution in [-0.4, -0.2) is 24.6 Å². The first kappa shape index (κ1) is 12.3. The van der Waals surface area contributed by atoms with Crippen molar-refractivity contribution in [2.24, 2.45) is 0 Å². The van der Waals surface area contributed by atoms with Gasteiger partial charge < -0.3 is 9.47 Å². The van der Waals surface area contributed by atoms with Crippen LogP contribution in [0.15, 0.2) is 30.3 Å². The summed E-state index contributed by atoms with van der Waals surface area (Å²) in [6.45, 7) is 4.44. The van der Waals surface area contributed by atoms with E-state index in [0.717, 1.165) is 5.56 Å². The van der Waals surface area contributed by atoms with Gasteiger partial charge in [0.2, 0.25) is 0 Å². The lowest BCUT2D eigenvalue weighted by molar-refractivity contribution is -0.172. The van der Waals surface area contributed by atoms with Crippen molar-refractivity contribution < 1.29 is 14.3 Å². The van der Waals surface area contributed by atoms with Crippen LogP contribution in [0.25, 0.3) is 0 Å². The number of carbonyl (C=O) groups is 1. The lowest BCUT2D eigenvalue weighted by atomic mass is 9.89. The fourth-order valence-electron chi connectivity index (χ4n) is 2.03. The summed E-state index contributed by atoms with van der Waals surface area (Å²) >= 11 is 0. The number of ether oxygens (including phenoxy) is 2. The van der Waals surface area contributed by atoms with Gasteiger partial charge in [-0.1, -0.05) is 30.3 Å². The highest BCUT2D eigenvalue weighted by molar-refractivity contribution is 5.90. The molecule has 3 unspecified atom stereocenters. The molecule has 0 amide bonds. The van der Waals surface area contributed by atoms with E-state index in [2.05, 4.69) is 0 Å². The fourth-order valence-corrected chi connectivity index (χ4v) is 2.03. The Hall–Kier alpha value is -1.19. The van der Waals surface area contributed by atoms with Crippen molar-refractivity contribution in [1.29, 1.82) is 0 Å². The van der Waals surface area contributed by atoms with Gasteiger partial charge in [-0.3, -0.25) is 4.79 Å². The molecule has 1 aromatic rings. The van der Waals surface area contributed by atoms with Gasteiger partial charge in [0.15, 0.2) is 5.78 Å². The van der Waals surface area contributed by atoms with E-state index in [1.165, 1.54) is 0 Å². The second-order valence-corrected chi connectivity index (χ2v) is 4.27. The molecule has 1 saturated carbocycles. The summed E-state index contributed by atoms with van der Waals surface area (Å²) in [5, 5.41) is 0. The van der Waals surface area contributed by atoms with Crippen LogP contribution in [0.3, 0.4) is 0 Å². The first-order chi connectivity index (χ1) is 8.22. The second kappa shape index (κ2) is 5.43. The largest absolute Gasteiger partial charge is 0.368 e. The SMILES string of the molecule is CCOC1C(=O)CC1OC(C)c1ccccc1. The van der Waals surface area contributed by atoms with Gasteiger partial charge in [-0.05, 0) is 19.4 Å². The molecule has 3 heteroatoms. The molecule has 92 valence electrons. The molecule has 0 spiro atoms. The molecule has 1 aliphatic rings. The maximum absolute atomic E-state index is 11.3. The van der Waals surface area contributed by atoms with E-state index >= 15 is 0 Å². The Kier molecular flexibility index (Phi) is 3.92. The number of hydrogen-bond acceptors (Lipinski definition) is 3. The molecule has 1 fully saturated rings. The van der Waals surface area contributed by atoms with Crippen molar-refractivity contribution in [3.63, 3.8) is 0 Å². The van der Waals surface area contributed by atoms with E-state index in [4.69, 9.17) is 9.47 Å². The Morgan fingerprint density at radius 3 is 2.65 bits per heavy atom. The number of carbonyl (C=O) groups excluding carboxylic acids is 1. The predicted octanol–water partition coefficient (Wildman–Crippen LogP) is 2.51. The lowest BCUT2D eigenvalue weighted by Gasteiger charge is -2.36. The van der Waals surface area contributed by atoms with Crippen LogP contribution in [0, 0.1) is 0 Å². The Morgan fingerprint density at radius 2 is 2.06 bits per heavy atom. The molecule has 0 bridgehead atoms. The smallest absolute Gasteiger partial charge is 0.166 e. The maximum Gasteiger partial charge on any atom is 0.166 e. The molecular formula is C14H18O3. The van der Waals surface area contributed by atoms with Crippen LogP contribution < -0.4 is 0 Å². The summed E-state index contributed by atoms with van der Waals surface area (Å²) in [6, 6.07) is 10.0. The summed E-state index contributed by atoms with van der Waals surface area (Å²) < 4.78 is 11.2. The highest BCUT2D eigenvalue weighted by atomic mass is 16.6. The minimum atomic E-state index is -0.355. The standard InChI is InChI=1S/C14H18O3/c1-3-16-14-12(15)9-13(14)17-10(2)11-7-5-4-6-8-11/h4-8,10,13-14H,3,9H2,1-2H3. The Labute approximate surface area is 102 Å². The fraction of sp³-hybridized carbons (Fsp3) is 0.500. The van der Waals surface area contributed by atoms with E-state index in [1.807, 2.05) is 44.2 Å². The number of benzene rings is 1. The van der Waals surface area contributed by atoms with Gasteiger partial charge in [-0.25, -0.2) is 0 Å². The highest BCUT2D eigenvalue weighted by Crippen LogP contribution is 2.28. The van der Waals surface area contributed by atoms with Gasteiger partial charge >= 0.3 is 0 Å². The molecule has 0 heterocycles. The van der Waals surface area contributed by atoms with E-state index in [1.54, 1.807) is 0 Å². The van der Waals surface area contributed by atoms with Crippen molar-refractivity contribution in [2.75, 3.05) is 6.61 Å². The van der Waals surface area contributed by atoms with Crippen LogP contribution in [-0.2, 0) is 14.3 Å². The summed E-state index contributed by atoms with van der Waals surface area (Å²) in [4.78, 5) is 11.3. The Morgan fingerprint density at radius 1 is 1.35 bits per heavy atom. The third kappa shape index (κ3) is 2.73. The molecule has 0 aliphatic heterocycles. The number of hydrogen-bond donors (Lipinski definition) is 0. The molecule has 0 N–H and O–H groups in total. The van der Waals surface area contributed by atoms with Crippen LogP contribution in [0.4, 0.5) is 0 Å². The van der Waals surface area contributed by atoms with Gasteiger partial charge in [-0.15, -0.1) is 0 Å². The number of rotatable bonds is 5. The van der Waals surface area contributed by atoms with Crippen LogP contribution in [0.1, 0.15) is 31.9 Å². The van der Waals surface area contributed by atoms with Gasteiger partial charge in [0.1, 0.15) is 6.10 Å². The zero-order valence-electron chi connectivity index (χ0n) is 10.3. The zero-order valence-corrected chi connectivity index (χ0v) is 10.3. The van der Waals surface area contributed by atoms with Crippen LogP contribution in [0.2, 0.25) is 0 Å². The van der Waals surface area contributed by atoms with Crippen molar-refractivity contribution >= 4 is 5.78 Å².